The van der Waals surface area contributed by atoms with Gasteiger partial charge in [-0.25, -0.2) is 4.79 Å². The quantitative estimate of drug-likeness (QED) is 0.625. The first kappa shape index (κ1) is 23.5. The maximum atomic E-state index is 12.7. The van der Waals surface area contributed by atoms with Crippen LogP contribution in [0.1, 0.15) is 46.1 Å². The van der Waals surface area contributed by atoms with Crippen molar-refractivity contribution in [3.8, 4) is 0 Å². The highest BCUT2D eigenvalue weighted by molar-refractivity contribution is 7.99. The lowest BCUT2D eigenvalue weighted by Gasteiger charge is -2.34. The standard InChI is InChI=1S/C22H36N4O2S/c1-6-17(4)23-21(27)15-25-10-12-26(13-11-25)22(28)24-20-9-8-19(14-16(20)3)29-18(5)7-2/h8-9,14,17-18H,6-7,10-13,15H2,1-5H3,(H,23,27)(H,24,28). The highest BCUT2D eigenvalue weighted by Gasteiger charge is 2.23. The first-order chi connectivity index (χ1) is 13.8. The van der Waals surface area contributed by atoms with Crippen LogP contribution < -0.4 is 10.6 Å². The number of thioether (sulfide) groups is 1. The number of aryl methyl sites for hydroxylation is 1. The summed E-state index contributed by atoms with van der Waals surface area (Å²) < 4.78 is 0. The number of hydrogen-bond donors (Lipinski definition) is 2. The molecule has 1 aromatic carbocycles. The lowest BCUT2D eigenvalue weighted by atomic mass is 10.2. The zero-order valence-electron chi connectivity index (χ0n) is 18.5. The second-order valence-corrected chi connectivity index (χ2v) is 9.40. The summed E-state index contributed by atoms with van der Waals surface area (Å²) >= 11 is 1.86. The minimum atomic E-state index is -0.0702. The van der Waals surface area contributed by atoms with Crippen molar-refractivity contribution in [1.82, 2.24) is 15.1 Å². The van der Waals surface area contributed by atoms with Crippen molar-refractivity contribution in [3.63, 3.8) is 0 Å². The molecular formula is C22H36N4O2S. The van der Waals surface area contributed by atoms with Crippen LogP contribution in [-0.4, -0.2) is 65.8 Å². The molecule has 1 heterocycles. The zero-order valence-corrected chi connectivity index (χ0v) is 19.3. The number of anilines is 1. The smallest absolute Gasteiger partial charge is 0.321 e. The van der Waals surface area contributed by atoms with E-state index in [9.17, 15) is 9.59 Å². The molecular weight excluding hydrogens is 384 g/mol. The number of rotatable bonds is 8. The monoisotopic (exact) mass is 420 g/mol. The number of piperazine rings is 1. The zero-order chi connectivity index (χ0) is 21.4. The number of amides is 3. The van der Waals surface area contributed by atoms with Gasteiger partial charge in [0.25, 0.3) is 0 Å². The van der Waals surface area contributed by atoms with Gasteiger partial charge >= 0.3 is 6.03 Å². The molecule has 2 N–H and O–H groups in total. The maximum absolute atomic E-state index is 12.7. The van der Waals surface area contributed by atoms with Crippen LogP contribution in [0.4, 0.5) is 10.5 Å². The number of urea groups is 1. The van der Waals surface area contributed by atoms with E-state index in [-0.39, 0.29) is 18.0 Å². The Hall–Kier alpha value is -1.73. The van der Waals surface area contributed by atoms with E-state index in [0.29, 0.717) is 38.0 Å². The highest BCUT2D eigenvalue weighted by Crippen LogP contribution is 2.28. The average Bonchev–Trinajstić information content (AvgIpc) is 2.70. The van der Waals surface area contributed by atoms with Crippen molar-refractivity contribution in [2.24, 2.45) is 0 Å². The van der Waals surface area contributed by atoms with E-state index in [1.54, 1.807) is 0 Å². The van der Waals surface area contributed by atoms with Crippen LogP contribution in [0.15, 0.2) is 23.1 Å². The Morgan fingerprint density at radius 1 is 1.10 bits per heavy atom. The Morgan fingerprint density at radius 2 is 1.79 bits per heavy atom. The molecule has 6 nitrogen and oxygen atoms in total. The lowest BCUT2D eigenvalue weighted by Crippen LogP contribution is -2.52. The summed E-state index contributed by atoms with van der Waals surface area (Å²) in [6.45, 7) is 13.6. The van der Waals surface area contributed by atoms with Gasteiger partial charge in [0.2, 0.25) is 5.91 Å². The molecule has 0 aromatic heterocycles. The fourth-order valence-electron chi connectivity index (χ4n) is 3.09. The third-order valence-corrected chi connectivity index (χ3v) is 6.66. The lowest BCUT2D eigenvalue weighted by molar-refractivity contribution is -0.123. The van der Waals surface area contributed by atoms with Gasteiger partial charge in [0.1, 0.15) is 0 Å². The minimum Gasteiger partial charge on any atom is -0.353 e. The van der Waals surface area contributed by atoms with Crippen molar-refractivity contribution in [1.29, 1.82) is 0 Å². The van der Waals surface area contributed by atoms with Gasteiger partial charge in [0.05, 0.1) is 6.54 Å². The van der Waals surface area contributed by atoms with E-state index in [2.05, 4.69) is 48.4 Å². The van der Waals surface area contributed by atoms with Crippen LogP contribution in [-0.2, 0) is 4.79 Å². The first-order valence-electron chi connectivity index (χ1n) is 10.7. The van der Waals surface area contributed by atoms with Crippen molar-refractivity contribution in [2.75, 3.05) is 38.0 Å². The fraction of sp³-hybridized carbons (Fsp3) is 0.636. The van der Waals surface area contributed by atoms with E-state index in [0.717, 1.165) is 24.1 Å². The van der Waals surface area contributed by atoms with Crippen molar-refractivity contribution < 1.29 is 9.59 Å². The third-order valence-electron chi connectivity index (χ3n) is 5.40. The predicted molar refractivity (Wildman–Crippen MR) is 122 cm³/mol. The largest absolute Gasteiger partial charge is 0.353 e. The van der Waals surface area contributed by atoms with Gasteiger partial charge in [-0.2, -0.15) is 0 Å². The molecule has 0 saturated carbocycles. The second-order valence-electron chi connectivity index (χ2n) is 7.88. The van der Waals surface area contributed by atoms with Crippen LogP contribution in [0.3, 0.4) is 0 Å². The van der Waals surface area contributed by atoms with Crippen LogP contribution in [0, 0.1) is 6.92 Å². The first-order valence-corrected chi connectivity index (χ1v) is 11.5. The molecule has 1 fully saturated rings. The Labute approximate surface area is 179 Å². The molecule has 1 aliphatic heterocycles. The van der Waals surface area contributed by atoms with Gasteiger partial charge < -0.3 is 15.5 Å². The molecule has 1 aromatic rings. The van der Waals surface area contributed by atoms with Gasteiger partial charge in [0.15, 0.2) is 0 Å². The van der Waals surface area contributed by atoms with Gasteiger partial charge in [-0.3, -0.25) is 9.69 Å². The summed E-state index contributed by atoms with van der Waals surface area (Å²) in [7, 11) is 0. The Balaban J connectivity index is 1.81. The van der Waals surface area contributed by atoms with Gasteiger partial charge in [0, 0.05) is 48.1 Å². The molecule has 3 amide bonds. The van der Waals surface area contributed by atoms with Crippen molar-refractivity contribution in [2.45, 2.75) is 63.6 Å². The summed E-state index contributed by atoms with van der Waals surface area (Å²) in [5.74, 6) is 0.0585. The molecule has 29 heavy (non-hydrogen) atoms. The Kier molecular flexibility index (Phi) is 9.30. The topological polar surface area (TPSA) is 64.7 Å². The molecule has 2 rings (SSSR count). The number of hydrogen-bond acceptors (Lipinski definition) is 4. The van der Waals surface area contributed by atoms with E-state index in [1.165, 1.54) is 4.90 Å². The molecule has 0 radical (unpaired) electrons. The van der Waals surface area contributed by atoms with Gasteiger partial charge in [-0.15, -0.1) is 11.8 Å². The molecule has 162 valence electrons. The van der Waals surface area contributed by atoms with Gasteiger partial charge in [-0.1, -0.05) is 20.8 Å². The number of nitrogens with zero attached hydrogens (tertiary/aromatic N) is 2. The highest BCUT2D eigenvalue weighted by atomic mass is 32.2. The van der Waals surface area contributed by atoms with Crippen LogP contribution in [0.25, 0.3) is 0 Å². The average molecular weight is 421 g/mol. The number of nitrogens with one attached hydrogen (secondary N) is 2. The maximum Gasteiger partial charge on any atom is 0.321 e. The molecule has 1 saturated heterocycles. The van der Waals surface area contributed by atoms with Crippen LogP contribution in [0.5, 0.6) is 0 Å². The SMILES string of the molecule is CCC(C)NC(=O)CN1CCN(C(=O)Nc2ccc(SC(C)CC)cc2C)CC1. The number of carbonyl (C=O) groups is 2. The van der Waals surface area contributed by atoms with Crippen LogP contribution in [0.2, 0.25) is 0 Å². The Bertz CT molecular complexity index is 689. The number of carbonyl (C=O) groups excluding carboxylic acids is 2. The summed E-state index contributed by atoms with van der Waals surface area (Å²) in [6, 6.07) is 6.34. The third kappa shape index (κ3) is 7.55. The molecule has 0 bridgehead atoms. The second kappa shape index (κ2) is 11.5. The summed E-state index contributed by atoms with van der Waals surface area (Å²) in [5.41, 5.74) is 1.94. The van der Waals surface area contributed by atoms with E-state index >= 15 is 0 Å². The fourth-order valence-corrected chi connectivity index (χ4v) is 4.12. The molecule has 0 aliphatic carbocycles. The Morgan fingerprint density at radius 3 is 2.38 bits per heavy atom. The minimum absolute atomic E-state index is 0.0585. The van der Waals surface area contributed by atoms with E-state index in [1.807, 2.05) is 36.6 Å². The molecule has 1 aliphatic rings. The summed E-state index contributed by atoms with van der Waals surface area (Å²) in [4.78, 5) is 29.9. The molecule has 7 heteroatoms. The van der Waals surface area contributed by atoms with Crippen LogP contribution >= 0.6 is 11.8 Å². The van der Waals surface area contributed by atoms with Crippen molar-refractivity contribution in [3.05, 3.63) is 23.8 Å². The summed E-state index contributed by atoms with van der Waals surface area (Å²) in [5, 5.41) is 6.62. The molecule has 2 atom stereocenters. The van der Waals surface area contributed by atoms with E-state index < -0.39 is 0 Å². The normalized spacial score (nSPS) is 16.9. The molecule has 0 spiro atoms. The number of benzene rings is 1. The molecule has 2 unspecified atom stereocenters. The summed E-state index contributed by atoms with van der Waals surface area (Å²) in [6.07, 6.45) is 2.06. The van der Waals surface area contributed by atoms with Gasteiger partial charge in [-0.05, 0) is 50.5 Å². The predicted octanol–water partition coefficient (Wildman–Crippen LogP) is 3.95. The van der Waals surface area contributed by atoms with E-state index in [4.69, 9.17) is 0 Å². The van der Waals surface area contributed by atoms with Crippen molar-refractivity contribution >= 4 is 29.4 Å².